The Morgan fingerprint density at radius 1 is 1.06 bits per heavy atom. The summed E-state index contributed by atoms with van der Waals surface area (Å²) in [6.45, 7) is 7.30. The lowest BCUT2D eigenvalue weighted by Gasteiger charge is -2.30. The standard InChI is InChI=1S/C23H24N6OS/c1-13-18-14(2)24-15(3)25-22(18)31-19(13)23(30)29-11-9-17(10-12-29)21-26-20(27-28-21)16-7-5-4-6-8-16/h4-8,17H,9-12H2,1-3H3,(H,26,27,28). The van der Waals surface area contributed by atoms with E-state index in [0.29, 0.717) is 13.1 Å². The molecule has 0 radical (unpaired) electrons. The highest BCUT2D eigenvalue weighted by Gasteiger charge is 2.29. The van der Waals surface area contributed by atoms with Gasteiger partial charge >= 0.3 is 0 Å². The molecular formula is C23H24N6OS. The number of carbonyl (C=O) groups excluding carboxylic acids is 1. The van der Waals surface area contributed by atoms with Crippen molar-refractivity contribution in [1.82, 2.24) is 30.0 Å². The number of aromatic nitrogens is 5. The van der Waals surface area contributed by atoms with Crippen molar-refractivity contribution in [2.45, 2.75) is 39.5 Å². The Balaban J connectivity index is 1.30. The minimum atomic E-state index is 0.0959. The number of fused-ring (bicyclic) bond motifs is 1. The first kappa shape index (κ1) is 19.8. The van der Waals surface area contributed by atoms with Crippen molar-refractivity contribution in [1.29, 1.82) is 0 Å². The van der Waals surface area contributed by atoms with Crippen molar-refractivity contribution in [3.8, 4) is 11.4 Å². The third-order valence-corrected chi connectivity index (χ3v) is 7.15. The fourth-order valence-electron chi connectivity index (χ4n) is 4.35. The van der Waals surface area contributed by atoms with Crippen LogP contribution in [0.2, 0.25) is 0 Å². The zero-order valence-corrected chi connectivity index (χ0v) is 18.7. The SMILES string of the molecule is Cc1nc(C)c2c(C)c(C(=O)N3CCC(c4nc(-c5ccccc5)n[nH]4)CC3)sc2n1. The van der Waals surface area contributed by atoms with Crippen LogP contribution in [-0.4, -0.2) is 49.0 Å². The molecule has 0 spiro atoms. The molecule has 0 atom stereocenters. The molecule has 1 aromatic carbocycles. The number of piperidine rings is 1. The summed E-state index contributed by atoms with van der Waals surface area (Å²) in [5, 5.41) is 8.51. The number of likely N-dealkylation sites (tertiary alicyclic amines) is 1. The third kappa shape index (κ3) is 3.61. The number of aryl methyl sites for hydroxylation is 3. The monoisotopic (exact) mass is 432 g/mol. The summed E-state index contributed by atoms with van der Waals surface area (Å²) in [6, 6.07) is 9.97. The molecule has 7 nitrogen and oxygen atoms in total. The number of rotatable bonds is 3. The Morgan fingerprint density at radius 2 is 1.81 bits per heavy atom. The third-order valence-electron chi connectivity index (χ3n) is 5.98. The van der Waals surface area contributed by atoms with Gasteiger partial charge < -0.3 is 4.90 Å². The molecule has 1 fully saturated rings. The fraction of sp³-hybridized carbons (Fsp3) is 0.348. The predicted molar refractivity (Wildman–Crippen MR) is 121 cm³/mol. The minimum absolute atomic E-state index is 0.0959. The van der Waals surface area contributed by atoms with E-state index in [-0.39, 0.29) is 11.8 Å². The van der Waals surface area contributed by atoms with Crippen molar-refractivity contribution in [2.24, 2.45) is 0 Å². The zero-order valence-electron chi connectivity index (χ0n) is 17.8. The average molecular weight is 433 g/mol. The van der Waals surface area contributed by atoms with Crippen LogP contribution in [0, 0.1) is 20.8 Å². The summed E-state index contributed by atoms with van der Waals surface area (Å²) in [7, 11) is 0. The van der Waals surface area contributed by atoms with Gasteiger partial charge in [0.25, 0.3) is 5.91 Å². The van der Waals surface area contributed by atoms with Crippen LogP contribution in [0.3, 0.4) is 0 Å². The first-order valence-corrected chi connectivity index (χ1v) is 11.3. The molecule has 0 saturated carbocycles. The molecule has 1 N–H and O–H groups in total. The summed E-state index contributed by atoms with van der Waals surface area (Å²) < 4.78 is 0. The number of nitrogens with zero attached hydrogens (tertiary/aromatic N) is 5. The second kappa shape index (κ2) is 7.85. The number of carbonyl (C=O) groups is 1. The Labute approximate surface area is 184 Å². The van der Waals surface area contributed by atoms with Gasteiger partial charge in [0.05, 0.1) is 4.88 Å². The molecule has 1 saturated heterocycles. The van der Waals surface area contributed by atoms with Gasteiger partial charge in [0, 0.05) is 35.7 Å². The average Bonchev–Trinajstić information content (AvgIpc) is 3.39. The van der Waals surface area contributed by atoms with Crippen LogP contribution in [-0.2, 0) is 0 Å². The van der Waals surface area contributed by atoms with E-state index in [2.05, 4.69) is 20.2 Å². The molecule has 0 unspecified atom stereocenters. The summed E-state index contributed by atoms with van der Waals surface area (Å²) in [5.74, 6) is 2.76. The van der Waals surface area contributed by atoms with E-state index in [1.54, 1.807) is 0 Å². The van der Waals surface area contributed by atoms with Gasteiger partial charge in [-0.25, -0.2) is 15.0 Å². The van der Waals surface area contributed by atoms with E-state index in [1.165, 1.54) is 11.3 Å². The Morgan fingerprint density at radius 3 is 2.55 bits per heavy atom. The lowest BCUT2D eigenvalue weighted by Crippen LogP contribution is -2.38. The summed E-state index contributed by atoms with van der Waals surface area (Å²) in [6.07, 6.45) is 1.74. The summed E-state index contributed by atoms with van der Waals surface area (Å²) >= 11 is 1.48. The molecule has 1 aliphatic heterocycles. The zero-order chi connectivity index (χ0) is 21.5. The molecule has 158 valence electrons. The van der Waals surface area contributed by atoms with Gasteiger partial charge in [-0.1, -0.05) is 30.3 Å². The first-order valence-electron chi connectivity index (χ1n) is 10.5. The number of hydrogen-bond acceptors (Lipinski definition) is 6. The van der Waals surface area contributed by atoms with Gasteiger partial charge in [0.15, 0.2) is 5.82 Å². The second-order valence-corrected chi connectivity index (χ2v) is 9.07. The Hall–Kier alpha value is -3.13. The van der Waals surface area contributed by atoms with Crippen molar-refractivity contribution in [3.05, 3.63) is 58.1 Å². The second-order valence-electron chi connectivity index (χ2n) is 8.07. The van der Waals surface area contributed by atoms with Crippen LogP contribution in [0.15, 0.2) is 30.3 Å². The first-order chi connectivity index (χ1) is 15.0. The Kier molecular flexibility index (Phi) is 5.02. The number of H-pyrrole nitrogens is 1. The molecule has 3 aromatic heterocycles. The molecular weight excluding hydrogens is 408 g/mol. The molecule has 31 heavy (non-hydrogen) atoms. The highest BCUT2D eigenvalue weighted by molar-refractivity contribution is 7.20. The molecule has 1 aliphatic rings. The van der Waals surface area contributed by atoms with Crippen LogP contribution in [0.1, 0.15) is 51.3 Å². The number of aromatic amines is 1. The largest absolute Gasteiger partial charge is 0.338 e. The lowest BCUT2D eigenvalue weighted by molar-refractivity contribution is 0.0715. The van der Waals surface area contributed by atoms with E-state index >= 15 is 0 Å². The van der Waals surface area contributed by atoms with Crippen molar-refractivity contribution in [2.75, 3.05) is 13.1 Å². The van der Waals surface area contributed by atoms with E-state index in [1.807, 2.05) is 56.0 Å². The quantitative estimate of drug-likeness (QED) is 0.518. The smallest absolute Gasteiger partial charge is 0.264 e. The maximum Gasteiger partial charge on any atom is 0.264 e. The number of hydrogen-bond donors (Lipinski definition) is 1. The van der Waals surface area contributed by atoms with Crippen LogP contribution in [0.25, 0.3) is 21.6 Å². The highest BCUT2D eigenvalue weighted by Crippen LogP contribution is 2.34. The van der Waals surface area contributed by atoms with Gasteiger partial charge in [0.1, 0.15) is 16.5 Å². The molecule has 5 rings (SSSR count). The van der Waals surface area contributed by atoms with Gasteiger partial charge in [-0.2, -0.15) is 5.10 Å². The number of thiophene rings is 1. The molecule has 4 heterocycles. The predicted octanol–water partition coefficient (Wildman–Crippen LogP) is 4.42. The van der Waals surface area contributed by atoms with E-state index in [0.717, 1.165) is 62.2 Å². The van der Waals surface area contributed by atoms with Crippen molar-refractivity contribution < 1.29 is 4.79 Å². The van der Waals surface area contributed by atoms with Crippen molar-refractivity contribution in [3.63, 3.8) is 0 Å². The minimum Gasteiger partial charge on any atom is -0.338 e. The Bertz CT molecular complexity index is 1250. The van der Waals surface area contributed by atoms with Crippen LogP contribution in [0.4, 0.5) is 0 Å². The fourth-order valence-corrected chi connectivity index (χ4v) is 5.60. The maximum absolute atomic E-state index is 13.3. The molecule has 8 heteroatoms. The van der Waals surface area contributed by atoms with Gasteiger partial charge in [0.2, 0.25) is 0 Å². The maximum atomic E-state index is 13.3. The van der Waals surface area contributed by atoms with Gasteiger partial charge in [-0.05, 0) is 39.2 Å². The molecule has 0 aliphatic carbocycles. The van der Waals surface area contributed by atoms with E-state index < -0.39 is 0 Å². The molecule has 1 amide bonds. The van der Waals surface area contributed by atoms with Crippen LogP contribution in [0.5, 0.6) is 0 Å². The van der Waals surface area contributed by atoms with Crippen LogP contribution >= 0.6 is 11.3 Å². The molecule has 0 bridgehead atoms. The van der Waals surface area contributed by atoms with Crippen LogP contribution < -0.4 is 0 Å². The number of benzene rings is 1. The van der Waals surface area contributed by atoms with Gasteiger partial charge in [-0.15, -0.1) is 11.3 Å². The van der Waals surface area contributed by atoms with E-state index in [9.17, 15) is 4.79 Å². The van der Waals surface area contributed by atoms with E-state index in [4.69, 9.17) is 4.98 Å². The summed E-state index contributed by atoms with van der Waals surface area (Å²) in [4.78, 5) is 30.6. The highest BCUT2D eigenvalue weighted by atomic mass is 32.1. The normalized spacial score (nSPS) is 15.0. The van der Waals surface area contributed by atoms with Gasteiger partial charge in [-0.3, -0.25) is 9.89 Å². The summed E-state index contributed by atoms with van der Waals surface area (Å²) in [5.41, 5.74) is 2.94. The molecule has 4 aromatic rings. The lowest BCUT2D eigenvalue weighted by atomic mass is 9.96. The number of nitrogens with one attached hydrogen (secondary N) is 1. The number of amides is 1. The van der Waals surface area contributed by atoms with Crippen molar-refractivity contribution >= 4 is 27.5 Å². The topological polar surface area (TPSA) is 87.7 Å².